The maximum atomic E-state index is 5.75. The van der Waals surface area contributed by atoms with Crippen LogP contribution in [0.1, 0.15) is 0 Å². The molecule has 0 aliphatic heterocycles. The van der Waals surface area contributed by atoms with Gasteiger partial charge in [0.15, 0.2) is 0 Å². The maximum absolute atomic E-state index is 5.75. The van der Waals surface area contributed by atoms with Crippen molar-refractivity contribution in [1.29, 1.82) is 0 Å². The molecule has 0 amide bonds. The lowest BCUT2D eigenvalue weighted by Crippen LogP contribution is -1.94. The summed E-state index contributed by atoms with van der Waals surface area (Å²) in [6.45, 7) is 0. The van der Waals surface area contributed by atoms with E-state index < -0.39 is 0 Å². The van der Waals surface area contributed by atoms with E-state index in [0.717, 1.165) is 10.0 Å². The number of methoxy groups -OCH3 is 1. The standard InChI is InChI=1S/C9H9BrN4O/c1-15-9-6(2-5(10)3-12-9)8-7(11)4-13-14-8/h2-4H,11H2,1H3,(H,13,14). The van der Waals surface area contributed by atoms with Crippen molar-refractivity contribution in [2.45, 2.75) is 0 Å². The Balaban J connectivity index is 2.60. The highest BCUT2D eigenvalue weighted by molar-refractivity contribution is 9.10. The number of nitrogens with one attached hydrogen (secondary N) is 1. The van der Waals surface area contributed by atoms with Gasteiger partial charge in [0.05, 0.1) is 30.3 Å². The van der Waals surface area contributed by atoms with Gasteiger partial charge in [-0.25, -0.2) is 4.98 Å². The number of hydrogen-bond donors (Lipinski definition) is 2. The smallest absolute Gasteiger partial charge is 0.222 e. The predicted octanol–water partition coefficient (Wildman–Crippen LogP) is 1.82. The van der Waals surface area contributed by atoms with Gasteiger partial charge in [0.2, 0.25) is 5.88 Å². The Morgan fingerprint density at radius 1 is 1.47 bits per heavy atom. The number of halogens is 1. The van der Waals surface area contributed by atoms with Crippen molar-refractivity contribution in [1.82, 2.24) is 15.2 Å². The normalized spacial score (nSPS) is 10.3. The molecular weight excluding hydrogens is 260 g/mol. The summed E-state index contributed by atoms with van der Waals surface area (Å²) in [5.41, 5.74) is 7.81. The third-order valence-electron chi connectivity index (χ3n) is 1.95. The summed E-state index contributed by atoms with van der Waals surface area (Å²) < 4.78 is 6.00. The molecular formula is C9H9BrN4O. The Bertz CT molecular complexity index is 483. The molecule has 0 aliphatic carbocycles. The molecule has 0 bridgehead atoms. The van der Waals surface area contributed by atoms with Gasteiger partial charge < -0.3 is 10.5 Å². The van der Waals surface area contributed by atoms with E-state index in [4.69, 9.17) is 10.5 Å². The summed E-state index contributed by atoms with van der Waals surface area (Å²) in [4.78, 5) is 4.12. The topological polar surface area (TPSA) is 76.8 Å². The van der Waals surface area contributed by atoms with E-state index in [2.05, 4.69) is 31.1 Å². The fourth-order valence-electron chi connectivity index (χ4n) is 1.28. The molecule has 0 spiro atoms. The molecule has 0 aliphatic rings. The zero-order chi connectivity index (χ0) is 10.8. The summed E-state index contributed by atoms with van der Waals surface area (Å²) in [5.74, 6) is 0.508. The van der Waals surface area contributed by atoms with Gasteiger partial charge in [-0.1, -0.05) is 0 Å². The summed E-state index contributed by atoms with van der Waals surface area (Å²) in [6, 6.07) is 1.87. The molecule has 2 heterocycles. The summed E-state index contributed by atoms with van der Waals surface area (Å²) >= 11 is 3.34. The minimum Gasteiger partial charge on any atom is -0.481 e. The van der Waals surface area contributed by atoms with E-state index in [-0.39, 0.29) is 0 Å². The molecule has 2 rings (SSSR count). The van der Waals surface area contributed by atoms with E-state index in [1.807, 2.05) is 6.07 Å². The first-order chi connectivity index (χ1) is 7.22. The van der Waals surface area contributed by atoms with Gasteiger partial charge in [-0.2, -0.15) is 5.10 Å². The van der Waals surface area contributed by atoms with E-state index >= 15 is 0 Å². The molecule has 2 aromatic heterocycles. The number of ether oxygens (including phenoxy) is 1. The van der Waals surface area contributed by atoms with Gasteiger partial charge in [-0.05, 0) is 22.0 Å². The molecule has 0 aromatic carbocycles. The molecule has 15 heavy (non-hydrogen) atoms. The van der Waals surface area contributed by atoms with Crippen LogP contribution in [-0.2, 0) is 0 Å². The second-order valence-corrected chi connectivity index (χ2v) is 3.83. The Hall–Kier alpha value is -1.56. The molecule has 0 fully saturated rings. The number of H-pyrrole nitrogens is 1. The lowest BCUT2D eigenvalue weighted by molar-refractivity contribution is 0.399. The second-order valence-electron chi connectivity index (χ2n) is 2.91. The molecule has 5 nitrogen and oxygen atoms in total. The monoisotopic (exact) mass is 268 g/mol. The number of pyridine rings is 1. The van der Waals surface area contributed by atoms with Crippen LogP contribution in [0.25, 0.3) is 11.3 Å². The second kappa shape index (κ2) is 3.90. The first-order valence-corrected chi connectivity index (χ1v) is 5.00. The van der Waals surface area contributed by atoms with E-state index in [1.165, 1.54) is 0 Å². The number of hydrogen-bond acceptors (Lipinski definition) is 4. The minimum atomic E-state index is 0.508. The summed E-state index contributed by atoms with van der Waals surface area (Å²) in [5, 5.41) is 6.66. The van der Waals surface area contributed by atoms with Crippen LogP contribution in [-0.4, -0.2) is 22.3 Å². The third kappa shape index (κ3) is 1.80. The molecule has 6 heteroatoms. The van der Waals surface area contributed by atoms with Crippen LogP contribution >= 0.6 is 15.9 Å². The van der Waals surface area contributed by atoms with Gasteiger partial charge >= 0.3 is 0 Å². The van der Waals surface area contributed by atoms with Crippen molar-refractivity contribution in [3.8, 4) is 17.1 Å². The molecule has 0 saturated heterocycles. The van der Waals surface area contributed by atoms with Crippen LogP contribution in [0.5, 0.6) is 5.88 Å². The number of nitrogens with two attached hydrogens (primary N) is 1. The predicted molar refractivity (Wildman–Crippen MR) is 60.5 cm³/mol. The molecule has 0 unspecified atom stereocenters. The first-order valence-electron chi connectivity index (χ1n) is 4.21. The van der Waals surface area contributed by atoms with Gasteiger partial charge in [-0.15, -0.1) is 0 Å². The van der Waals surface area contributed by atoms with Crippen LogP contribution in [0.3, 0.4) is 0 Å². The van der Waals surface area contributed by atoms with E-state index in [0.29, 0.717) is 17.3 Å². The number of rotatable bonds is 2. The summed E-state index contributed by atoms with van der Waals surface area (Å²) in [6.07, 6.45) is 3.21. The van der Waals surface area contributed by atoms with Gasteiger partial charge in [0.1, 0.15) is 0 Å². The first kappa shape index (κ1) is 9.97. The fourth-order valence-corrected chi connectivity index (χ4v) is 1.61. The highest BCUT2D eigenvalue weighted by Crippen LogP contribution is 2.32. The average molecular weight is 269 g/mol. The van der Waals surface area contributed by atoms with Gasteiger partial charge in [0.25, 0.3) is 0 Å². The number of anilines is 1. The fraction of sp³-hybridized carbons (Fsp3) is 0.111. The minimum absolute atomic E-state index is 0.508. The Labute approximate surface area is 94.8 Å². The number of aromatic amines is 1. The third-order valence-corrected chi connectivity index (χ3v) is 2.38. The lowest BCUT2D eigenvalue weighted by Gasteiger charge is -2.06. The Morgan fingerprint density at radius 2 is 2.27 bits per heavy atom. The quantitative estimate of drug-likeness (QED) is 0.871. The largest absolute Gasteiger partial charge is 0.481 e. The van der Waals surface area contributed by atoms with Crippen LogP contribution in [0.4, 0.5) is 5.69 Å². The van der Waals surface area contributed by atoms with Gasteiger partial charge in [-0.3, -0.25) is 5.10 Å². The van der Waals surface area contributed by atoms with E-state index in [9.17, 15) is 0 Å². The van der Waals surface area contributed by atoms with Crippen LogP contribution in [0.15, 0.2) is 22.9 Å². The Kier molecular flexibility index (Phi) is 2.59. The van der Waals surface area contributed by atoms with Crippen molar-refractivity contribution >= 4 is 21.6 Å². The van der Waals surface area contributed by atoms with Crippen molar-refractivity contribution in [3.05, 3.63) is 22.9 Å². The maximum Gasteiger partial charge on any atom is 0.222 e. The molecule has 0 saturated carbocycles. The van der Waals surface area contributed by atoms with Crippen molar-refractivity contribution in [3.63, 3.8) is 0 Å². The highest BCUT2D eigenvalue weighted by Gasteiger charge is 2.12. The SMILES string of the molecule is COc1ncc(Br)cc1-c1[nH]ncc1N. The Morgan fingerprint density at radius 3 is 2.87 bits per heavy atom. The van der Waals surface area contributed by atoms with Crippen molar-refractivity contribution < 1.29 is 4.74 Å². The average Bonchev–Trinajstić information content (AvgIpc) is 2.64. The van der Waals surface area contributed by atoms with Crippen molar-refractivity contribution in [2.75, 3.05) is 12.8 Å². The molecule has 0 radical (unpaired) electrons. The van der Waals surface area contributed by atoms with E-state index in [1.54, 1.807) is 19.5 Å². The summed E-state index contributed by atoms with van der Waals surface area (Å²) in [7, 11) is 1.56. The molecule has 0 atom stereocenters. The highest BCUT2D eigenvalue weighted by atomic mass is 79.9. The number of nitrogen functional groups attached to an aromatic ring is 1. The van der Waals surface area contributed by atoms with Crippen LogP contribution in [0.2, 0.25) is 0 Å². The zero-order valence-electron chi connectivity index (χ0n) is 7.99. The number of aromatic nitrogens is 3. The van der Waals surface area contributed by atoms with Gasteiger partial charge in [0, 0.05) is 10.7 Å². The lowest BCUT2D eigenvalue weighted by atomic mass is 10.2. The molecule has 78 valence electrons. The van der Waals surface area contributed by atoms with Crippen LogP contribution < -0.4 is 10.5 Å². The molecule has 3 N–H and O–H groups in total. The molecule has 2 aromatic rings. The number of nitrogens with zero attached hydrogens (tertiary/aromatic N) is 2. The van der Waals surface area contributed by atoms with Crippen molar-refractivity contribution in [2.24, 2.45) is 0 Å². The zero-order valence-corrected chi connectivity index (χ0v) is 9.58. The van der Waals surface area contributed by atoms with Crippen LogP contribution in [0, 0.1) is 0 Å².